The van der Waals surface area contributed by atoms with E-state index in [4.69, 9.17) is 0 Å². The predicted octanol–water partition coefficient (Wildman–Crippen LogP) is 2.69. The Kier molecular flexibility index (Phi) is 3.48. The van der Waals surface area contributed by atoms with Crippen LogP contribution in [-0.4, -0.2) is 20.7 Å². The lowest BCUT2D eigenvalue weighted by molar-refractivity contribution is 0.595. The predicted molar refractivity (Wildman–Crippen MR) is 75.6 cm³/mol. The van der Waals surface area contributed by atoms with E-state index < -0.39 is 10.0 Å². The summed E-state index contributed by atoms with van der Waals surface area (Å²) in [6.07, 6.45) is 2.24. The van der Waals surface area contributed by atoms with E-state index in [1.165, 1.54) is 15.9 Å². The van der Waals surface area contributed by atoms with Gasteiger partial charge >= 0.3 is 0 Å². The number of hydrogen-bond donors (Lipinski definition) is 0. The number of anilines is 1. The molecule has 4 heteroatoms. The monoisotopic (exact) mass is 265 g/mol. The van der Waals surface area contributed by atoms with Crippen molar-refractivity contribution in [3.8, 4) is 0 Å². The third-order valence-corrected chi connectivity index (χ3v) is 5.00. The molecule has 0 radical (unpaired) electrons. The fourth-order valence-electron chi connectivity index (χ4n) is 2.25. The number of benzene rings is 1. The van der Waals surface area contributed by atoms with E-state index in [2.05, 4.69) is 26.5 Å². The Morgan fingerprint density at radius 2 is 2.17 bits per heavy atom. The Balaban J connectivity index is 2.43. The molecule has 0 amide bonds. The Labute approximate surface area is 109 Å². The number of hydrogen-bond acceptors (Lipinski definition) is 2. The van der Waals surface area contributed by atoms with Gasteiger partial charge in [0.2, 0.25) is 10.0 Å². The first-order valence-corrected chi connectivity index (χ1v) is 7.81. The van der Waals surface area contributed by atoms with Gasteiger partial charge in [0.05, 0.1) is 11.4 Å². The number of rotatable bonds is 4. The topological polar surface area (TPSA) is 37.4 Å². The summed E-state index contributed by atoms with van der Waals surface area (Å²) in [5.74, 6) is 0.401. The lowest BCUT2D eigenvalue weighted by atomic mass is 10.0. The van der Waals surface area contributed by atoms with Gasteiger partial charge in [0.15, 0.2) is 0 Å². The van der Waals surface area contributed by atoms with Crippen LogP contribution >= 0.6 is 0 Å². The lowest BCUT2D eigenvalue weighted by Crippen LogP contribution is -2.30. The van der Waals surface area contributed by atoms with Crippen molar-refractivity contribution in [2.45, 2.75) is 26.2 Å². The van der Waals surface area contributed by atoms with Crippen molar-refractivity contribution >= 4 is 15.7 Å². The van der Waals surface area contributed by atoms with Crippen LogP contribution in [0, 0.1) is 0 Å². The van der Waals surface area contributed by atoms with Crippen LogP contribution < -0.4 is 4.31 Å². The highest BCUT2D eigenvalue weighted by atomic mass is 32.2. The minimum atomic E-state index is -3.25. The third kappa shape index (κ3) is 2.29. The highest BCUT2D eigenvalue weighted by Gasteiger charge is 2.28. The lowest BCUT2D eigenvalue weighted by Gasteiger charge is -2.19. The molecule has 0 aromatic heterocycles. The Morgan fingerprint density at radius 3 is 2.78 bits per heavy atom. The summed E-state index contributed by atoms with van der Waals surface area (Å²) in [5, 5.41) is 0. The van der Waals surface area contributed by atoms with Gasteiger partial charge < -0.3 is 0 Å². The zero-order valence-corrected chi connectivity index (χ0v) is 11.7. The summed E-state index contributed by atoms with van der Waals surface area (Å²) in [4.78, 5) is 0. The van der Waals surface area contributed by atoms with Gasteiger partial charge in [-0.05, 0) is 29.5 Å². The van der Waals surface area contributed by atoms with E-state index in [9.17, 15) is 8.42 Å². The molecule has 2 rings (SSSR count). The summed E-state index contributed by atoms with van der Waals surface area (Å²) < 4.78 is 25.8. The molecule has 0 fully saturated rings. The fraction of sp³-hybridized carbons (Fsp3) is 0.429. The molecule has 1 aliphatic heterocycles. The van der Waals surface area contributed by atoms with Crippen LogP contribution in [0.25, 0.3) is 0 Å². The second-order valence-corrected chi connectivity index (χ2v) is 6.87. The summed E-state index contributed by atoms with van der Waals surface area (Å²) in [6.45, 7) is 8.28. The Hall–Kier alpha value is -1.29. The first-order chi connectivity index (χ1) is 8.45. The molecule has 3 nitrogen and oxygen atoms in total. The first kappa shape index (κ1) is 13.1. The van der Waals surface area contributed by atoms with E-state index >= 15 is 0 Å². The van der Waals surface area contributed by atoms with Crippen LogP contribution in [0.2, 0.25) is 0 Å². The third-order valence-electron chi connectivity index (χ3n) is 3.29. The zero-order chi connectivity index (χ0) is 13.3. The molecular weight excluding hydrogens is 246 g/mol. The Morgan fingerprint density at radius 1 is 1.44 bits per heavy atom. The molecule has 0 spiro atoms. The number of sulfonamides is 1. The van der Waals surface area contributed by atoms with Crippen molar-refractivity contribution in [3.63, 3.8) is 0 Å². The van der Waals surface area contributed by atoms with Gasteiger partial charge in [0.1, 0.15) is 0 Å². The molecule has 0 saturated heterocycles. The minimum absolute atomic E-state index is 0.00164. The van der Waals surface area contributed by atoms with Crippen LogP contribution in [0.5, 0.6) is 0 Å². The molecular formula is C14H19NO2S. The van der Waals surface area contributed by atoms with Crippen molar-refractivity contribution in [2.75, 3.05) is 16.6 Å². The SMILES string of the molecule is C=CCS(=O)(=O)N1CCc2ccc(C(C)C)cc21. The van der Waals surface area contributed by atoms with Gasteiger partial charge in [-0.25, -0.2) is 8.42 Å². The van der Waals surface area contributed by atoms with E-state index in [1.54, 1.807) is 0 Å². The van der Waals surface area contributed by atoms with Crippen molar-refractivity contribution in [1.29, 1.82) is 0 Å². The molecule has 18 heavy (non-hydrogen) atoms. The van der Waals surface area contributed by atoms with Crippen molar-refractivity contribution < 1.29 is 8.42 Å². The van der Waals surface area contributed by atoms with Gasteiger partial charge in [-0.2, -0.15) is 0 Å². The minimum Gasteiger partial charge on any atom is -0.269 e. The van der Waals surface area contributed by atoms with E-state index in [1.807, 2.05) is 12.1 Å². The molecule has 0 N–H and O–H groups in total. The molecule has 0 saturated carbocycles. The molecule has 0 unspecified atom stereocenters. The van der Waals surface area contributed by atoms with Crippen LogP contribution in [0.15, 0.2) is 30.9 Å². The van der Waals surface area contributed by atoms with Crippen molar-refractivity contribution in [1.82, 2.24) is 0 Å². The van der Waals surface area contributed by atoms with E-state index in [0.717, 1.165) is 17.7 Å². The first-order valence-electron chi connectivity index (χ1n) is 6.20. The van der Waals surface area contributed by atoms with Gasteiger partial charge in [-0.3, -0.25) is 4.31 Å². The average molecular weight is 265 g/mol. The van der Waals surface area contributed by atoms with Gasteiger partial charge in [-0.15, -0.1) is 6.58 Å². The highest BCUT2D eigenvalue weighted by molar-refractivity contribution is 7.92. The van der Waals surface area contributed by atoms with Gasteiger partial charge in [0.25, 0.3) is 0 Å². The molecule has 1 aromatic rings. The fourth-order valence-corrected chi connectivity index (χ4v) is 3.57. The van der Waals surface area contributed by atoms with Crippen LogP contribution in [0.4, 0.5) is 5.69 Å². The van der Waals surface area contributed by atoms with Gasteiger partial charge in [-0.1, -0.05) is 32.1 Å². The van der Waals surface area contributed by atoms with Crippen LogP contribution in [0.3, 0.4) is 0 Å². The number of nitrogens with zero attached hydrogens (tertiary/aromatic N) is 1. The summed E-state index contributed by atoms with van der Waals surface area (Å²) >= 11 is 0. The second-order valence-electron chi connectivity index (χ2n) is 4.93. The molecule has 1 aliphatic rings. The normalized spacial score (nSPS) is 14.9. The van der Waals surface area contributed by atoms with Crippen LogP contribution in [-0.2, 0) is 16.4 Å². The quantitative estimate of drug-likeness (QED) is 0.785. The molecule has 0 bridgehead atoms. The van der Waals surface area contributed by atoms with Crippen molar-refractivity contribution in [3.05, 3.63) is 42.0 Å². The Bertz CT molecular complexity index is 561. The van der Waals surface area contributed by atoms with Crippen LogP contribution in [0.1, 0.15) is 30.9 Å². The number of fused-ring (bicyclic) bond motifs is 1. The zero-order valence-electron chi connectivity index (χ0n) is 10.9. The smallest absolute Gasteiger partial charge is 0.238 e. The second kappa shape index (κ2) is 4.76. The van der Waals surface area contributed by atoms with E-state index in [-0.39, 0.29) is 5.75 Å². The highest BCUT2D eigenvalue weighted by Crippen LogP contribution is 2.33. The summed E-state index contributed by atoms with van der Waals surface area (Å²) in [7, 11) is -3.25. The largest absolute Gasteiger partial charge is 0.269 e. The maximum Gasteiger partial charge on any atom is 0.238 e. The standard InChI is InChI=1S/C14H19NO2S/c1-4-9-18(16,17)15-8-7-12-5-6-13(11(2)3)10-14(12)15/h4-6,10-11H,1,7-9H2,2-3H3. The molecule has 0 atom stereocenters. The molecule has 1 heterocycles. The van der Waals surface area contributed by atoms with Crippen molar-refractivity contribution in [2.24, 2.45) is 0 Å². The van der Waals surface area contributed by atoms with Gasteiger partial charge in [0, 0.05) is 6.54 Å². The summed E-state index contributed by atoms with van der Waals surface area (Å²) in [6, 6.07) is 6.15. The summed E-state index contributed by atoms with van der Waals surface area (Å²) in [5.41, 5.74) is 3.14. The van der Waals surface area contributed by atoms with E-state index in [0.29, 0.717) is 12.5 Å². The maximum atomic E-state index is 12.1. The molecule has 0 aliphatic carbocycles. The maximum absolute atomic E-state index is 12.1. The molecule has 1 aromatic carbocycles. The molecule has 98 valence electrons. The average Bonchev–Trinajstić information content (AvgIpc) is 2.71.